The molecule has 2 rings (SSSR count). The second-order valence-electron chi connectivity index (χ2n) is 4.10. The summed E-state index contributed by atoms with van der Waals surface area (Å²) in [6, 6.07) is 5.50. The maximum atomic E-state index is 11.6. The van der Waals surface area contributed by atoms with E-state index in [1.54, 1.807) is 7.05 Å². The molecule has 1 heterocycles. The van der Waals surface area contributed by atoms with Gasteiger partial charge in [0.15, 0.2) is 0 Å². The maximum absolute atomic E-state index is 11.6. The number of carbonyl (C=O) groups is 1. The van der Waals surface area contributed by atoms with Crippen molar-refractivity contribution in [2.45, 2.75) is 20.0 Å². The molecule has 2 aromatic rings. The molecular formula is C12H15N3O2. The average molecular weight is 233 g/mol. The van der Waals surface area contributed by atoms with Gasteiger partial charge in [0.2, 0.25) is 0 Å². The zero-order valence-electron chi connectivity index (χ0n) is 10.1. The number of H-pyrrole nitrogens is 1. The molecule has 0 saturated carbocycles. The highest BCUT2D eigenvalue weighted by Gasteiger charge is 2.16. The van der Waals surface area contributed by atoms with Gasteiger partial charge >= 0.3 is 0 Å². The number of likely N-dealkylation sites (N-methyl/N-ethyl adjacent to an activating group) is 1. The fourth-order valence-corrected chi connectivity index (χ4v) is 1.74. The molecule has 1 amide bonds. The summed E-state index contributed by atoms with van der Waals surface area (Å²) in [6.45, 7) is 3.34. The number of fused-ring (bicyclic) bond motifs is 1. The summed E-state index contributed by atoms with van der Waals surface area (Å²) < 4.78 is 0. The molecule has 0 bridgehead atoms. The minimum atomic E-state index is -1.00. The second kappa shape index (κ2) is 4.18. The van der Waals surface area contributed by atoms with Crippen molar-refractivity contribution in [2.75, 3.05) is 11.9 Å². The largest absolute Gasteiger partial charge is 0.384 e. The Balaban J connectivity index is 2.38. The fourth-order valence-electron chi connectivity index (χ4n) is 1.74. The lowest BCUT2D eigenvalue weighted by Crippen LogP contribution is -2.34. The Morgan fingerprint density at radius 2 is 2.24 bits per heavy atom. The molecule has 0 radical (unpaired) electrons. The third-order valence-corrected chi connectivity index (χ3v) is 2.66. The Hall–Kier alpha value is -1.88. The van der Waals surface area contributed by atoms with Crippen LogP contribution in [0.2, 0.25) is 0 Å². The molecule has 1 aromatic carbocycles. The van der Waals surface area contributed by atoms with Gasteiger partial charge in [-0.1, -0.05) is 0 Å². The molecule has 0 aliphatic heterocycles. The Kier molecular flexibility index (Phi) is 2.85. The highest BCUT2D eigenvalue weighted by molar-refractivity contribution is 5.97. The summed E-state index contributed by atoms with van der Waals surface area (Å²) in [6.07, 6.45) is -1.00. The molecule has 1 atom stereocenters. The van der Waals surface area contributed by atoms with Gasteiger partial charge in [-0.3, -0.25) is 4.79 Å². The van der Waals surface area contributed by atoms with Gasteiger partial charge in [0.1, 0.15) is 11.9 Å². The number of anilines is 1. The first-order chi connectivity index (χ1) is 7.99. The van der Waals surface area contributed by atoms with Crippen LogP contribution in [0.1, 0.15) is 12.7 Å². The van der Waals surface area contributed by atoms with Crippen LogP contribution in [-0.2, 0) is 4.79 Å². The lowest BCUT2D eigenvalue weighted by atomic mass is 10.2. The molecule has 90 valence electrons. The number of hydrogen-bond donors (Lipinski definition) is 2. The van der Waals surface area contributed by atoms with Gasteiger partial charge in [0.05, 0.1) is 11.0 Å². The van der Waals surface area contributed by atoms with Crippen LogP contribution in [0.4, 0.5) is 5.69 Å². The number of carbonyl (C=O) groups excluding carboxylic acids is 1. The van der Waals surface area contributed by atoms with Crippen LogP contribution in [0.25, 0.3) is 11.0 Å². The van der Waals surface area contributed by atoms with E-state index in [-0.39, 0.29) is 5.91 Å². The summed E-state index contributed by atoms with van der Waals surface area (Å²) in [4.78, 5) is 20.5. The van der Waals surface area contributed by atoms with Gasteiger partial charge in [0.25, 0.3) is 5.91 Å². The van der Waals surface area contributed by atoms with Gasteiger partial charge in [-0.25, -0.2) is 4.98 Å². The number of amides is 1. The standard InChI is InChI=1S/C12H15N3O2/c1-7(16)12(17)15(3)9-4-5-10-11(6-9)14-8(2)13-10/h4-7,16H,1-3H3,(H,13,14). The molecule has 5 heteroatoms. The summed E-state index contributed by atoms with van der Waals surface area (Å²) in [7, 11) is 1.64. The summed E-state index contributed by atoms with van der Waals surface area (Å²) >= 11 is 0. The van der Waals surface area contributed by atoms with E-state index in [1.807, 2.05) is 25.1 Å². The second-order valence-corrected chi connectivity index (χ2v) is 4.10. The molecule has 5 nitrogen and oxygen atoms in total. The van der Waals surface area contributed by atoms with Gasteiger partial charge in [-0.2, -0.15) is 0 Å². The van der Waals surface area contributed by atoms with Gasteiger partial charge in [0, 0.05) is 12.7 Å². The molecule has 0 aliphatic carbocycles. The molecule has 0 saturated heterocycles. The molecule has 17 heavy (non-hydrogen) atoms. The summed E-state index contributed by atoms with van der Waals surface area (Å²) in [5.41, 5.74) is 2.47. The number of hydrogen-bond acceptors (Lipinski definition) is 3. The summed E-state index contributed by atoms with van der Waals surface area (Å²) in [5.74, 6) is 0.502. The van der Waals surface area contributed by atoms with E-state index >= 15 is 0 Å². The molecule has 0 fully saturated rings. The van der Waals surface area contributed by atoms with Crippen LogP contribution in [-0.4, -0.2) is 34.1 Å². The fraction of sp³-hybridized carbons (Fsp3) is 0.333. The number of imidazole rings is 1. The van der Waals surface area contributed by atoms with E-state index in [0.717, 1.165) is 22.5 Å². The van der Waals surface area contributed by atoms with Crippen molar-refractivity contribution in [3.8, 4) is 0 Å². The number of rotatable bonds is 2. The van der Waals surface area contributed by atoms with E-state index in [9.17, 15) is 9.90 Å². The number of aromatic nitrogens is 2. The first kappa shape index (κ1) is 11.6. The van der Waals surface area contributed by atoms with Crippen molar-refractivity contribution in [3.63, 3.8) is 0 Å². The normalized spacial score (nSPS) is 12.7. The number of aromatic amines is 1. The smallest absolute Gasteiger partial charge is 0.255 e. The number of benzene rings is 1. The minimum absolute atomic E-state index is 0.333. The van der Waals surface area contributed by atoms with E-state index in [4.69, 9.17) is 0 Å². The third kappa shape index (κ3) is 2.14. The Bertz CT molecular complexity index is 560. The Morgan fingerprint density at radius 3 is 2.88 bits per heavy atom. The topological polar surface area (TPSA) is 69.2 Å². The number of nitrogens with zero attached hydrogens (tertiary/aromatic N) is 2. The molecule has 0 spiro atoms. The first-order valence-electron chi connectivity index (χ1n) is 5.41. The first-order valence-corrected chi connectivity index (χ1v) is 5.41. The van der Waals surface area contributed by atoms with Gasteiger partial charge in [-0.15, -0.1) is 0 Å². The Morgan fingerprint density at radius 1 is 1.53 bits per heavy atom. The van der Waals surface area contributed by atoms with Crippen LogP contribution in [0, 0.1) is 6.92 Å². The predicted molar refractivity (Wildman–Crippen MR) is 65.9 cm³/mol. The molecule has 1 aromatic heterocycles. The molecule has 1 unspecified atom stereocenters. The van der Waals surface area contributed by atoms with Crippen molar-refractivity contribution in [1.82, 2.24) is 9.97 Å². The van der Waals surface area contributed by atoms with Crippen LogP contribution in [0.15, 0.2) is 18.2 Å². The van der Waals surface area contributed by atoms with E-state index < -0.39 is 6.10 Å². The highest BCUT2D eigenvalue weighted by Crippen LogP contribution is 2.20. The minimum Gasteiger partial charge on any atom is -0.384 e. The zero-order chi connectivity index (χ0) is 12.6. The van der Waals surface area contributed by atoms with Gasteiger partial charge in [-0.05, 0) is 32.0 Å². The highest BCUT2D eigenvalue weighted by atomic mass is 16.3. The van der Waals surface area contributed by atoms with Crippen LogP contribution < -0.4 is 4.90 Å². The SMILES string of the molecule is Cc1nc2ccc(N(C)C(=O)C(C)O)cc2[nH]1. The molecular weight excluding hydrogens is 218 g/mol. The lowest BCUT2D eigenvalue weighted by molar-refractivity contribution is -0.125. The zero-order valence-corrected chi connectivity index (χ0v) is 10.1. The lowest BCUT2D eigenvalue weighted by Gasteiger charge is -2.18. The molecule has 2 N–H and O–H groups in total. The average Bonchev–Trinajstić information content (AvgIpc) is 2.65. The number of nitrogens with one attached hydrogen (secondary N) is 1. The van der Waals surface area contributed by atoms with Crippen LogP contribution >= 0.6 is 0 Å². The number of aliphatic hydroxyl groups excluding tert-OH is 1. The third-order valence-electron chi connectivity index (χ3n) is 2.66. The van der Waals surface area contributed by atoms with Crippen LogP contribution in [0.5, 0.6) is 0 Å². The van der Waals surface area contributed by atoms with Crippen molar-refractivity contribution < 1.29 is 9.90 Å². The molecule has 0 aliphatic rings. The van der Waals surface area contributed by atoms with E-state index in [1.165, 1.54) is 11.8 Å². The maximum Gasteiger partial charge on any atom is 0.255 e. The van der Waals surface area contributed by atoms with Crippen molar-refractivity contribution in [1.29, 1.82) is 0 Å². The Labute approximate surface area is 99.1 Å². The van der Waals surface area contributed by atoms with Crippen LogP contribution in [0.3, 0.4) is 0 Å². The number of aryl methyl sites for hydroxylation is 1. The summed E-state index contributed by atoms with van der Waals surface area (Å²) in [5, 5.41) is 9.26. The van der Waals surface area contributed by atoms with E-state index in [0.29, 0.717) is 0 Å². The monoisotopic (exact) mass is 233 g/mol. The number of aliphatic hydroxyl groups is 1. The predicted octanol–water partition coefficient (Wildman–Crippen LogP) is 1.21. The van der Waals surface area contributed by atoms with E-state index in [2.05, 4.69) is 9.97 Å². The van der Waals surface area contributed by atoms with Crippen molar-refractivity contribution >= 4 is 22.6 Å². The van der Waals surface area contributed by atoms with Gasteiger partial charge < -0.3 is 15.0 Å². The quantitative estimate of drug-likeness (QED) is 0.819. The van der Waals surface area contributed by atoms with Crippen molar-refractivity contribution in [3.05, 3.63) is 24.0 Å². The van der Waals surface area contributed by atoms with Crippen molar-refractivity contribution in [2.24, 2.45) is 0 Å².